The molecule has 5 nitrogen and oxygen atoms in total. The van der Waals surface area contributed by atoms with Crippen molar-refractivity contribution in [1.29, 1.82) is 0 Å². The summed E-state index contributed by atoms with van der Waals surface area (Å²) in [6.45, 7) is 0.0448. The lowest BCUT2D eigenvalue weighted by molar-refractivity contribution is -0.184. The maximum Gasteiger partial charge on any atom is 0.407 e. The van der Waals surface area contributed by atoms with Gasteiger partial charge in [-0.3, -0.25) is 0 Å². The van der Waals surface area contributed by atoms with E-state index in [1.807, 2.05) is 48.5 Å². The van der Waals surface area contributed by atoms with Crippen molar-refractivity contribution in [2.24, 2.45) is 5.41 Å². The number of rotatable bonds is 6. The number of hydrogen-bond donors (Lipinski definition) is 2. The molecule has 3 aromatic carbocycles. The quantitative estimate of drug-likeness (QED) is 0.444. The van der Waals surface area contributed by atoms with E-state index < -0.39 is 46.4 Å². The van der Waals surface area contributed by atoms with E-state index in [-0.39, 0.29) is 37.4 Å². The molecule has 36 heavy (non-hydrogen) atoms. The van der Waals surface area contributed by atoms with E-state index in [9.17, 15) is 27.9 Å². The fourth-order valence-electron chi connectivity index (χ4n) is 6.63. The molecule has 184 valence electrons. The molecular formula is C28H22F3NO4. The fraction of sp³-hybridized carbons (Fsp3) is 0.286. The molecule has 8 heteroatoms. The van der Waals surface area contributed by atoms with Gasteiger partial charge in [0.25, 0.3) is 0 Å². The number of halogens is 3. The van der Waals surface area contributed by atoms with Crippen LogP contribution in [-0.4, -0.2) is 29.8 Å². The molecule has 0 saturated heterocycles. The molecule has 0 heterocycles. The van der Waals surface area contributed by atoms with Crippen LogP contribution >= 0.6 is 0 Å². The standard InChI is InChI=1S/C28H22F3NO4/c29-21-10-9-20(22(30)23(21)31)27-12-28(13-27,14-27)24(25(33)34)32-26(35)36-11-19-17-7-3-1-5-15(17)16-6-2-4-8-18(16)19/h1-10,19,24H,11-14H2,(H,32,35)(H,33,34). The van der Waals surface area contributed by atoms with Crippen molar-refractivity contribution in [2.45, 2.75) is 36.6 Å². The Morgan fingerprint density at radius 3 is 2.08 bits per heavy atom. The maximum atomic E-state index is 14.3. The van der Waals surface area contributed by atoms with Gasteiger partial charge in [0.1, 0.15) is 12.6 Å². The Labute approximate surface area is 204 Å². The van der Waals surface area contributed by atoms with Gasteiger partial charge < -0.3 is 15.2 Å². The first kappa shape index (κ1) is 22.6. The van der Waals surface area contributed by atoms with Crippen LogP contribution in [0.1, 0.15) is 41.9 Å². The predicted octanol–water partition coefficient (Wildman–Crippen LogP) is 5.52. The molecule has 7 rings (SSSR count). The highest BCUT2D eigenvalue weighted by atomic mass is 19.2. The van der Waals surface area contributed by atoms with E-state index in [0.717, 1.165) is 28.3 Å². The van der Waals surface area contributed by atoms with Crippen molar-refractivity contribution in [1.82, 2.24) is 5.32 Å². The summed E-state index contributed by atoms with van der Waals surface area (Å²) in [5, 5.41) is 12.3. The fourth-order valence-corrected chi connectivity index (χ4v) is 6.63. The van der Waals surface area contributed by atoms with Crippen molar-refractivity contribution in [3.8, 4) is 11.1 Å². The van der Waals surface area contributed by atoms with Crippen LogP contribution in [0.2, 0.25) is 0 Å². The largest absolute Gasteiger partial charge is 0.480 e. The van der Waals surface area contributed by atoms with Gasteiger partial charge in [-0.05, 0) is 53.1 Å². The molecule has 1 atom stereocenters. The Kier molecular flexibility index (Phi) is 4.94. The summed E-state index contributed by atoms with van der Waals surface area (Å²) in [6.07, 6.45) is -0.0875. The molecule has 2 bridgehead atoms. The maximum absolute atomic E-state index is 14.3. The smallest absolute Gasteiger partial charge is 0.407 e. The Hall–Kier alpha value is -3.81. The second kappa shape index (κ2) is 7.85. The highest BCUT2D eigenvalue weighted by Crippen LogP contribution is 2.75. The van der Waals surface area contributed by atoms with E-state index in [1.54, 1.807) is 0 Å². The van der Waals surface area contributed by atoms with Crippen LogP contribution in [0.5, 0.6) is 0 Å². The average Bonchev–Trinajstić information content (AvgIpc) is 3.14. The summed E-state index contributed by atoms with van der Waals surface area (Å²) >= 11 is 0. The van der Waals surface area contributed by atoms with Gasteiger partial charge in [0.15, 0.2) is 17.5 Å². The zero-order valence-electron chi connectivity index (χ0n) is 19.1. The number of aliphatic carboxylic acids is 1. The predicted molar refractivity (Wildman–Crippen MR) is 124 cm³/mol. The van der Waals surface area contributed by atoms with Gasteiger partial charge in [0, 0.05) is 16.7 Å². The summed E-state index contributed by atoms with van der Waals surface area (Å²) in [7, 11) is 0. The van der Waals surface area contributed by atoms with Gasteiger partial charge in [0.2, 0.25) is 0 Å². The van der Waals surface area contributed by atoms with E-state index in [1.165, 1.54) is 6.07 Å². The number of hydrogen-bond acceptors (Lipinski definition) is 3. The molecule has 3 fully saturated rings. The topological polar surface area (TPSA) is 75.6 Å². The summed E-state index contributed by atoms with van der Waals surface area (Å²) < 4.78 is 46.9. The van der Waals surface area contributed by atoms with Gasteiger partial charge >= 0.3 is 12.1 Å². The lowest BCUT2D eigenvalue weighted by Crippen LogP contribution is -2.73. The SMILES string of the molecule is O=C(NC(C(=O)O)C12CC(c3ccc(F)c(F)c3F)(C1)C2)OCC1c2ccccc2-c2ccccc21. The summed E-state index contributed by atoms with van der Waals surface area (Å²) in [4.78, 5) is 24.7. The zero-order chi connectivity index (χ0) is 25.2. The molecule has 0 radical (unpaired) electrons. The van der Waals surface area contributed by atoms with Crippen LogP contribution in [0.15, 0.2) is 60.7 Å². The number of amides is 1. The molecule has 0 aromatic heterocycles. The lowest BCUT2D eigenvalue weighted by Gasteiger charge is -2.72. The Balaban J connectivity index is 1.14. The lowest BCUT2D eigenvalue weighted by atomic mass is 9.31. The minimum atomic E-state index is -1.53. The van der Waals surface area contributed by atoms with E-state index in [0.29, 0.717) is 0 Å². The summed E-state index contributed by atoms with van der Waals surface area (Å²) in [6, 6.07) is 16.6. The molecule has 4 aliphatic rings. The van der Waals surface area contributed by atoms with Crippen molar-refractivity contribution < 1.29 is 32.6 Å². The first-order chi connectivity index (χ1) is 17.2. The third-order valence-corrected chi connectivity index (χ3v) is 8.14. The molecule has 0 aliphatic heterocycles. The minimum absolute atomic E-state index is 0.0448. The van der Waals surface area contributed by atoms with Crippen LogP contribution in [0, 0.1) is 22.9 Å². The summed E-state index contributed by atoms with van der Waals surface area (Å²) in [5.74, 6) is -5.42. The van der Waals surface area contributed by atoms with Gasteiger partial charge in [0.05, 0.1) is 0 Å². The monoisotopic (exact) mass is 493 g/mol. The minimum Gasteiger partial charge on any atom is -0.480 e. The number of carbonyl (C=O) groups excluding carboxylic acids is 1. The van der Waals surface area contributed by atoms with Crippen LogP contribution in [-0.2, 0) is 14.9 Å². The van der Waals surface area contributed by atoms with Crippen molar-refractivity contribution >= 4 is 12.1 Å². The summed E-state index contributed by atoms with van der Waals surface area (Å²) in [5.41, 5.74) is 2.76. The Bertz CT molecular complexity index is 1360. The highest BCUT2D eigenvalue weighted by molar-refractivity contribution is 5.82. The van der Waals surface area contributed by atoms with Crippen molar-refractivity contribution in [3.05, 3.63) is 94.8 Å². The molecule has 3 saturated carbocycles. The molecule has 1 unspecified atom stereocenters. The van der Waals surface area contributed by atoms with Crippen LogP contribution in [0.4, 0.5) is 18.0 Å². The second-order valence-electron chi connectivity index (χ2n) is 10.1. The number of ether oxygens (including phenoxy) is 1. The molecule has 0 spiro atoms. The molecule has 3 aromatic rings. The third-order valence-electron chi connectivity index (χ3n) is 8.14. The number of carboxylic acids is 1. The van der Waals surface area contributed by atoms with E-state index in [4.69, 9.17) is 4.74 Å². The Morgan fingerprint density at radius 2 is 1.50 bits per heavy atom. The first-order valence-electron chi connectivity index (χ1n) is 11.7. The molecule has 1 amide bonds. The van der Waals surface area contributed by atoms with Gasteiger partial charge in [-0.1, -0.05) is 54.6 Å². The van der Waals surface area contributed by atoms with Crippen molar-refractivity contribution in [3.63, 3.8) is 0 Å². The molecule has 4 aliphatic carbocycles. The second-order valence-corrected chi connectivity index (χ2v) is 10.1. The average molecular weight is 493 g/mol. The van der Waals surface area contributed by atoms with E-state index >= 15 is 0 Å². The van der Waals surface area contributed by atoms with Crippen LogP contribution in [0.25, 0.3) is 11.1 Å². The molecule has 2 N–H and O–H groups in total. The third kappa shape index (κ3) is 3.16. The number of nitrogens with one attached hydrogen (secondary N) is 1. The highest BCUT2D eigenvalue weighted by Gasteiger charge is 2.73. The van der Waals surface area contributed by atoms with Crippen molar-refractivity contribution in [2.75, 3.05) is 6.61 Å². The first-order valence-corrected chi connectivity index (χ1v) is 11.7. The number of alkyl carbamates (subject to hydrolysis) is 1. The number of carboxylic acid groups (broad SMARTS) is 1. The number of carbonyl (C=O) groups is 2. The van der Waals surface area contributed by atoms with Crippen LogP contribution < -0.4 is 5.32 Å². The van der Waals surface area contributed by atoms with Crippen LogP contribution in [0.3, 0.4) is 0 Å². The number of benzene rings is 3. The Morgan fingerprint density at radius 1 is 0.917 bits per heavy atom. The zero-order valence-corrected chi connectivity index (χ0v) is 19.1. The van der Waals surface area contributed by atoms with Gasteiger partial charge in [-0.15, -0.1) is 0 Å². The molecular weight excluding hydrogens is 471 g/mol. The number of fused-ring (bicyclic) bond motifs is 3. The van der Waals surface area contributed by atoms with E-state index in [2.05, 4.69) is 5.32 Å². The normalized spacial score (nSPS) is 24.1. The van der Waals surface area contributed by atoms with Gasteiger partial charge in [-0.2, -0.15) is 0 Å². The van der Waals surface area contributed by atoms with Gasteiger partial charge in [-0.25, -0.2) is 22.8 Å².